The molecular formula is C10H13NOS. The van der Waals surface area contributed by atoms with Crippen LogP contribution < -0.4 is 0 Å². The molecule has 1 heterocycles. The summed E-state index contributed by atoms with van der Waals surface area (Å²) in [4.78, 5) is 4.94. The fourth-order valence-corrected chi connectivity index (χ4v) is 2.30. The van der Waals surface area contributed by atoms with Gasteiger partial charge in [-0.05, 0) is 31.3 Å². The number of hydrogen-bond acceptors (Lipinski definition) is 3. The summed E-state index contributed by atoms with van der Waals surface area (Å²) in [5, 5.41) is 9.94. The van der Waals surface area contributed by atoms with Crippen molar-refractivity contribution in [1.82, 2.24) is 4.98 Å². The lowest BCUT2D eigenvalue weighted by Gasteiger charge is -2.16. The average Bonchev–Trinajstić information content (AvgIpc) is 2.71. The smallest absolute Gasteiger partial charge is 0.111 e. The minimum Gasteiger partial charge on any atom is -0.383 e. The quantitative estimate of drug-likeness (QED) is 0.736. The highest BCUT2D eigenvalue weighted by Crippen LogP contribution is 2.30. The van der Waals surface area contributed by atoms with Gasteiger partial charge in [0.1, 0.15) is 6.10 Å². The second kappa shape index (κ2) is 4.03. The van der Waals surface area contributed by atoms with Crippen LogP contribution in [0.25, 0.3) is 0 Å². The number of thiazole rings is 1. The Morgan fingerprint density at radius 1 is 1.46 bits per heavy atom. The van der Waals surface area contributed by atoms with E-state index >= 15 is 0 Å². The molecule has 1 unspecified atom stereocenters. The number of aliphatic hydroxyl groups excluding tert-OH is 1. The molecule has 0 saturated heterocycles. The van der Waals surface area contributed by atoms with Crippen LogP contribution in [0.15, 0.2) is 23.4 Å². The van der Waals surface area contributed by atoms with Crippen molar-refractivity contribution in [2.24, 2.45) is 0 Å². The van der Waals surface area contributed by atoms with Gasteiger partial charge in [0, 0.05) is 6.20 Å². The fraction of sp³-hybridized carbons (Fsp3) is 0.500. The maximum Gasteiger partial charge on any atom is 0.111 e. The van der Waals surface area contributed by atoms with Crippen LogP contribution in [0.3, 0.4) is 0 Å². The molecule has 2 nitrogen and oxygen atoms in total. The van der Waals surface area contributed by atoms with Crippen molar-refractivity contribution in [3.63, 3.8) is 0 Å². The van der Waals surface area contributed by atoms with Gasteiger partial charge in [-0.2, -0.15) is 0 Å². The summed E-state index contributed by atoms with van der Waals surface area (Å²) in [5.74, 6) is 0. The average molecular weight is 195 g/mol. The normalized spacial score (nSPS) is 19.6. The summed E-state index contributed by atoms with van der Waals surface area (Å²) in [5.41, 5.74) is 2.94. The summed E-state index contributed by atoms with van der Waals surface area (Å²) in [6, 6.07) is 0. The zero-order chi connectivity index (χ0) is 9.10. The second-order valence-corrected chi connectivity index (χ2v) is 4.25. The van der Waals surface area contributed by atoms with Crippen molar-refractivity contribution in [2.45, 2.75) is 31.8 Å². The van der Waals surface area contributed by atoms with E-state index in [1.54, 1.807) is 11.7 Å². The molecule has 1 aliphatic carbocycles. The van der Waals surface area contributed by atoms with E-state index in [1.807, 2.05) is 0 Å². The molecule has 1 aromatic rings. The highest BCUT2D eigenvalue weighted by Gasteiger charge is 2.16. The van der Waals surface area contributed by atoms with E-state index in [-0.39, 0.29) is 0 Å². The minimum atomic E-state index is -0.396. The van der Waals surface area contributed by atoms with Gasteiger partial charge in [-0.3, -0.25) is 4.98 Å². The van der Waals surface area contributed by atoms with Gasteiger partial charge in [0.15, 0.2) is 0 Å². The van der Waals surface area contributed by atoms with E-state index < -0.39 is 6.10 Å². The lowest BCUT2D eigenvalue weighted by molar-refractivity contribution is 0.212. The first-order valence-corrected chi connectivity index (χ1v) is 5.51. The topological polar surface area (TPSA) is 33.1 Å². The van der Waals surface area contributed by atoms with E-state index in [9.17, 15) is 5.11 Å². The predicted molar refractivity (Wildman–Crippen MR) is 53.6 cm³/mol. The van der Waals surface area contributed by atoms with E-state index in [0.29, 0.717) is 0 Å². The monoisotopic (exact) mass is 195 g/mol. The molecular weight excluding hydrogens is 182 g/mol. The summed E-state index contributed by atoms with van der Waals surface area (Å²) in [7, 11) is 0. The Balaban J connectivity index is 2.12. The lowest BCUT2D eigenvalue weighted by Crippen LogP contribution is -2.02. The maximum atomic E-state index is 9.94. The van der Waals surface area contributed by atoms with Crippen molar-refractivity contribution < 1.29 is 5.11 Å². The number of aliphatic hydroxyl groups is 1. The van der Waals surface area contributed by atoms with Gasteiger partial charge in [-0.15, -0.1) is 11.3 Å². The molecule has 3 heteroatoms. The Morgan fingerprint density at radius 3 is 3.00 bits per heavy atom. The van der Waals surface area contributed by atoms with E-state index in [2.05, 4.69) is 11.1 Å². The van der Waals surface area contributed by atoms with Gasteiger partial charge in [0.05, 0.1) is 10.4 Å². The number of aromatic nitrogens is 1. The molecule has 1 aliphatic rings. The molecule has 0 fully saturated rings. The first kappa shape index (κ1) is 8.91. The molecule has 0 bridgehead atoms. The van der Waals surface area contributed by atoms with Gasteiger partial charge in [0.25, 0.3) is 0 Å². The lowest BCUT2D eigenvalue weighted by atomic mass is 9.95. The van der Waals surface area contributed by atoms with Crippen LogP contribution in [-0.2, 0) is 0 Å². The zero-order valence-electron chi connectivity index (χ0n) is 7.44. The third kappa shape index (κ3) is 1.98. The Hall–Kier alpha value is -0.670. The van der Waals surface area contributed by atoms with Gasteiger partial charge < -0.3 is 5.11 Å². The van der Waals surface area contributed by atoms with Crippen LogP contribution in [0.4, 0.5) is 0 Å². The van der Waals surface area contributed by atoms with Gasteiger partial charge in [0.2, 0.25) is 0 Å². The van der Waals surface area contributed by atoms with Crippen molar-refractivity contribution in [3.8, 4) is 0 Å². The Bertz CT molecular complexity index is 292. The van der Waals surface area contributed by atoms with Crippen molar-refractivity contribution in [2.75, 3.05) is 0 Å². The second-order valence-electron chi connectivity index (χ2n) is 3.33. The molecule has 13 heavy (non-hydrogen) atoms. The molecule has 1 aromatic heterocycles. The van der Waals surface area contributed by atoms with Crippen molar-refractivity contribution in [3.05, 3.63) is 28.2 Å². The molecule has 0 spiro atoms. The van der Waals surface area contributed by atoms with Crippen molar-refractivity contribution >= 4 is 11.3 Å². The zero-order valence-corrected chi connectivity index (χ0v) is 8.26. The fourth-order valence-electron chi connectivity index (χ4n) is 1.65. The highest BCUT2D eigenvalue weighted by molar-refractivity contribution is 7.09. The summed E-state index contributed by atoms with van der Waals surface area (Å²) in [6.45, 7) is 0. The number of hydrogen-bond donors (Lipinski definition) is 1. The Kier molecular flexibility index (Phi) is 2.76. The Labute approximate surface area is 81.9 Å². The van der Waals surface area contributed by atoms with Crippen molar-refractivity contribution in [1.29, 1.82) is 0 Å². The number of rotatable bonds is 2. The molecule has 0 aliphatic heterocycles. The SMILES string of the molecule is OC(C1=CCCCC1)c1cncs1. The van der Waals surface area contributed by atoms with Crippen LogP contribution >= 0.6 is 11.3 Å². The molecule has 0 radical (unpaired) electrons. The number of nitrogens with zero attached hydrogens (tertiary/aromatic N) is 1. The molecule has 70 valence electrons. The number of allylic oxidation sites excluding steroid dienone is 1. The van der Waals surface area contributed by atoms with Gasteiger partial charge in [-0.25, -0.2) is 0 Å². The van der Waals surface area contributed by atoms with E-state index in [0.717, 1.165) is 17.7 Å². The molecule has 1 N–H and O–H groups in total. The molecule has 1 atom stereocenters. The first-order valence-electron chi connectivity index (χ1n) is 4.63. The molecule has 2 rings (SSSR count). The summed E-state index contributed by atoms with van der Waals surface area (Å²) >= 11 is 1.52. The van der Waals surface area contributed by atoms with Crippen LogP contribution in [0, 0.1) is 0 Å². The molecule has 0 saturated carbocycles. The third-order valence-electron chi connectivity index (χ3n) is 2.40. The first-order chi connectivity index (χ1) is 6.38. The molecule has 0 amide bonds. The highest BCUT2D eigenvalue weighted by atomic mass is 32.1. The van der Waals surface area contributed by atoms with Gasteiger partial charge in [-0.1, -0.05) is 6.08 Å². The third-order valence-corrected chi connectivity index (χ3v) is 3.23. The van der Waals surface area contributed by atoms with Crippen LogP contribution in [0.2, 0.25) is 0 Å². The van der Waals surface area contributed by atoms with Crippen LogP contribution in [0.5, 0.6) is 0 Å². The van der Waals surface area contributed by atoms with Gasteiger partial charge >= 0.3 is 0 Å². The maximum absolute atomic E-state index is 9.94. The Morgan fingerprint density at radius 2 is 2.38 bits per heavy atom. The van der Waals surface area contributed by atoms with E-state index in [1.165, 1.54) is 29.8 Å². The molecule has 0 aromatic carbocycles. The minimum absolute atomic E-state index is 0.396. The predicted octanol–water partition coefficient (Wildman–Crippen LogP) is 2.68. The van der Waals surface area contributed by atoms with Crippen LogP contribution in [0.1, 0.15) is 36.7 Å². The van der Waals surface area contributed by atoms with Crippen LogP contribution in [-0.4, -0.2) is 10.1 Å². The summed E-state index contributed by atoms with van der Waals surface area (Å²) in [6.07, 6.45) is 8.16. The summed E-state index contributed by atoms with van der Waals surface area (Å²) < 4.78 is 0. The van der Waals surface area contributed by atoms with E-state index in [4.69, 9.17) is 0 Å². The standard InChI is InChI=1S/C10H13NOS/c12-10(9-6-11-7-13-9)8-4-2-1-3-5-8/h4,6-7,10,12H,1-3,5H2. The largest absolute Gasteiger partial charge is 0.383 e.